The van der Waals surface area contributed by atoms with Crippen molar-refractivity contribution in [3.63, 3.8) is 0 Å². The van der Waals surface area contributed by atoms with Crippen molar-refractivity contribution in [3.8, 4) is 0 Å². The zero-order valence-electron chi connectivity index (χ0n) is 14.0. The highest BCUT2D eigenvalue weighted by Gasteiger charge is 2.30. The molecule has 0 fully saturated rings. The van der Waals surface area contributed by atoms with Crippen LogP contribution in [0.3, 0.4) is 0 Å². The van der Waals surface area contributed by atoms with Crippen molar-refractivity contribution >= 4 is 19.9 Å². The van der Waals surface area contributed by atoms with Gasteiger partial charge in [-0.1, -0.05) is 37.6 Å². The lowest BCUT2D eigenvalue weighted by atomic mass is 10.2. The van der Waals surface area contributed by atoms with Crippen LogP contribution in [0.4, 0.5) is 0 Å². The van der Waals surface area contributed by atoms with E-state index in [1.807, 2.05) is 6.92 Å². The molecule has 6 nitrogen and oxygen atoms in total. The summed E-state index contributed by atoms with van der Waals surface area (Å²) in [6.07, 6.45) is 4.26. The molecule has 1 unspecified atom stereocenters. The van der Waals surface area contributed by atoms with Gasteiger partial charge in [-0.05, 0) is 30.2 Å². The summed E-state index contributed by atoms with van der Waals surface area (Å²) < 4.78 is 52.6. The van der Waals surface area contributed by atoms with E-state index in [9.17, 15) is 16.8 Å². The number of sulfone groups is 1. The average molecular weight is 383 g/mol. The zero-order chi connectivity index (χ0) is 18.3. The van der Waals surface area contributed by atoms with Crippen molar-refractivity contribution in [2.45, 2.75) is 29.9 Å². The number of nitrogens with zero attached hydrogens (tertiary/aromatic N) is 1. The van der Waals surface area contributed by atoms with Gasteiger partial charge in [0, 0.05) is 18.9 Å². The smallest absolute Gasteiger partial charge is 0.211 e. The Labute approximate surface area is 149 Å². The van der Waals surface area contributed by atoms with Gasteiger partial charge in [-0.3, -0.25) is 4.98 Å². The molecular weight excluding hydrogens is 360 g/mol. The summed E-state index contributed by atoms with van der Waals surface area (Å²) in [5.74, 6) is -0.0192. The minimum atomic E-state index is -3.76. The number of unbranched alkanes of at least 4 members (excludes halogenated alkanes) is 1. The summed E-state index contributed by atoms with van der Waals surface area (Å²) in [5.41, 5.74) is 0.449. The van der Waals surface area contributed by atoms with Crippen LogP contribution in [-0.4, -0.2) is 34.1 Å². The van der Waals surface area contributed by atoms with Crippen molar-refractivity contribution in [3.05, 3.63) is 60.4 Å². The number of hydrogen-bond acceptors (Lipinski definition) is 5. The third-order valence-corrected chi connectivity index (χ3v) is 7.31. The van der Waals surface area contributed by atoms with Crippen LogP contribution in [0.25, 0.3) is 0 Å². The van der Waals surface area contributed by atoms with Crippen molar-refractivity contribution in [1.29, 1.82) is 0 Å². The fourth-order valence-electron chi connectivity index (χ4n) is 2.36. The van der Waals surface area contributed by atoms with E-state index in [1.54, 1.807) is 36.5 Å². The minimum absolute atomic E-state index is 0.0192. The molecule has 0 saturated carbocycles. The Balaban J connectivity index is 2.32. The number of nitrogens with one attached hydrogen (secondary N) is 1. The van der Waals surface area contributed by atoms with Crippen LogP contribution in [-0.2, 0) is 19.9 Å². The first-order valence-electron chi connectivity index (χ1n) is 8.03. The fourth-order valence-corrected chi connectivity index (χ4v) is 5.36. The molecule has 1 heterocycles. The van der Waals surface area contributed by atoms with Crippen LogP contribution in [0.2, 0.25) is 0 Å². The molecule has 0 spiro atoms. The number of hydrogen-bond donors (Lipinski definition) is 1. The average Bonchev–Trinajstić information content (AvgIpc) is 2.61. The first-order chi connectivity index (χ1) is 11.9. The maximum atomic E-state index is 13.0. The highest BCUT2D eigenvalue weighted by molar-refractivity contribution is 7.92. The molecular formula is C17H22N2O4S2. The van der Waals surface area contributed by atoms with Crippen molar-refractivity contribution in [1.82, 2.24) is 9.71 Å². The Bertz CT molecular complexity index is 867. The third kappa shape index (κ3) is 5.35. The van der Waals surface area contributed by atoms with Gasteiger partial charge in [-0.2, -0.15) is 0 Å². The maximum absolute atomic E-state index is 13.0. The van der Waals surface area contributed by atoms with Gasteiger partial charge in [0.25, 0.3) is 0 Å². The molecule has 1 aromatic heterocycles. The Morgan fingerprint density at radius 3 is 2.36 bits per heavy atom. The van der Waals surface area contributed by atoms with Crippen LogP contribution in [0.15, 0.2) is 59.8 Å². The van der Waals surface area contributed by atoms with E-state index < -0.39 is 25.1 Å². The quantitative estimate of drug-likeness (QED) is 0.718. The van der Waals surface area contributed by atoms with Crippen LogP contribution >= 0.6 is 0 Å². The van der Waals surface area contributed by atoms with E-state index in [4.69, 9.17) is 0 Å². The largest absolute Gasteiger partial charge is 0.264 e. The summed E-state index contributed by atoms with van der Waals surface area (Å²) in [5, 5.41) is -1.04. The standard InChI is InChI=1S/C17H22N2O4S2/c1-2-3-12-24(20,21)19-14-17(15-8-7-11-18-13-15)25(22,23)16-9-5-4-6-10-16/h4-11,13,17,19H,2-3,12,14H2,1H3. The molecule has 2 rings (SSSR count). The zero-order valence-corrected chi connectivity index (χ0v) is 15.6. The van der Waals surface area contributed by atoms with Crippen LogP contribution < -0.4 is 4.72 Å². The first-order valence-corrected chi connectivity index (χ1v) is 11.2. The Kier molecular flexibility index (Phi) is 6.69. The Morgan fingerprint density at radius 2 is 1.76 bits per heavy atom. The van der Waals surface area contributed by atoms with Gasteiger partial charge in [-0.25, -0.2) is 21.6 Å². The third-order valence-electron chi connectivity index (χ3n) is 3.76. The van der Waals surface area contributed by atoms with Crippen LogP contribution in [0, 0.1) is 0 Å². The topological polar surface area (TPSA) is 93.2 Å². The van der Waals surface area contributed by atoms with E-state index in [-0.39, 0.29) is 17.2 Å². The molecule has 2 aromatic rings. The predicted octanol–water partition coefficient (Wildman–Crippen LogP) is 2.32. The second-order valence-corrected chi connectivity index (χ2v) is 9.71. The van der Waals surface area contributed by atoms with Gasteiger partial charge in [-0.15, -0.1) is 0 Å². The van der Waals surface area contributed by atoms with Gasteiger partial charge < -0.3 is 0 Å². The molecule has 0 radical (unpaired) electrons. The first kappa shape index (κ1) is 19.6. The molecule has 0 amide bonds. The SMILES string of the molecule is CCCCS(=O)(=O)NCC(c1cccnc1)S(=O)(=O)c1ccccc1. The lowest BCUT2D eigenvalue weighted by molar-refractivity contribution is 0.566. The molecule has 1 N–H and O–H groups in total. The molecule has 0 saturated heterocycles. The summed E-state index contributed by atoms with van der Waals surface area (Å²) in [6, 6.07) is 11.3. The van der Waals surface area contributed by atoms with Gasteiger partial charge in [0.15, 0.2) is 9.84 Å². The van der Waals surface area contributed by atoms with E-state index >= 15 is 0 Å². The normalized spacial score (nSPS) is 13.5. The fraction of sp³-hybridized carbons (Fsp3) is 0.353. The lowest BCUT2D eigenvalue weighted by Crippen LogP contribution is -2.33. The summed E-state index contributed by atoms with van der Waals surface area (Å²) in [6.45, 7) is 1.67. The monoisotopic (exact) mass is 382 g/mol. The highest BCUT2D eigenvalue weighted by Crippen LogP contribution is 2.28. The second-order valence-electron chi connectivity index (χ2n) is 5.65. The predicted molar refractivity (Wildman–Crippen MR) is 97.3 cm³/mol. The van der Waals surface area contributed by atoms with Gasteiger partial charge in [0.2, 0.25) is 10.0 Å². The number of aromatic nitrogens is 1. The van der Waals surface area contributed by atoms with Gasteiger partial charge in [0.1, 0.15) is 5.25 Å². The van der Waals surface area contributed by atoms with Gasteiger partial charge >= 0.3 is 0 Å². The molecule has 8 heteroatoms. The molecule has 0 aliphatic carbocycles. The number of sulfonamides is 1. The summed E-state index contributed by atoms with van der Waals surface area (Å²) >= 11 is 0. The number of pyridine rings is 1. The Hall–Kier alpha value is -1.77. The molecule has 25 heavy (non-hydrogen) atoms. The highest BCUT2D eigenvalue weighted by atomic mass is 32.2. The van der Waals surface area contributed by atoms with E-state index in [0.29, 0.717) is 12.0 Å². The summed E-state index contributed by atoms with van der Waals surface area (Å²) in [4.78, 5) is 4.11. The Morgan fingerprint density at radius 1 is 1.04 bits per heavy atom. The molecule has 0 aliphatic rings. The lowest BCUT2D eigenvalue weighted by Gasteiger charge is -2.18. The molecule has 136 valence electrons. The second kappa shape index (κ2) is 8.55. The van der Waals surface area contributed by atoms with E-state index in [2.05, 4.69) is 9.71 Å². The molecule has 0 bridgehead atoms. The van der Waals surface area contributed by atoms with Crippen LogP contribution in [0.1, 0.15) is 30.6 Å². The molecule has 1 aromatic carbocycles. The number of rotatable bonds is 9. The van der Waals surface area contributed by atoms with Crippen molar-refractivity contribution in [2.75, 3.05) is 12.3 Å². The van der Waals surface area contributed by atoms with E-state index in [0.717, 1.165) is 6.42 Å². The number of benzene rings is 1. The van der Waals surface area contributed by atoms with Crippen molar-refractivity contribution < 1.29 is 16.8 Å². The maximum Gasteiger partial charge on any atom is 0.211 e. The molecule has 1 atom stereocenters. The van der Waals surface area contributed by atoms with Gasteiger partial charge in [0.05, 0.1) is 10.6 Å². The molecule has 0 aliphatic heterocycles. The van der Waals surface area contributed by atoms with Crippen LogP contribution in [0.5, 0.6) is 0 Å². The minimum Gasteiger partial charge on any atom is -0.264 e. The van der Waals surface area contributed by atoms with Crippen molar-refractivity contribution in [2.24, 2.45) is 0 Å². The van der Waals surface area contributed by atoms with E-state index in [1.165, 1.54) is 18.3 Å². The summed E-state index contributed by atoms with van der Waals surface area (Å²) in [7, 11) is -7.29.